The van der Waals surface area contributed by atoms with Gasteiger partial charge in [-0.15, -0.1) is 0 Å². The van der Waals surface area contributed by atoms with E-state index in [0.29, 0.717) is 0 Å². The van der Waals surface area contributed by atoms with E-state index in [-0.39, 0.29) is 0 Å². The number of allylic oxidation sites excluding steroid dienone is 1. The molecule has 96 valence electrons. The highest BCUT2D eigenvalue weighted by Crippen LogP contribution is 2.30. The number of rotatable bonds is 7. The van der Waals surface area contributed by atoms with Crippen molar-refractivity contribution in [1.82, 2.24) is 4.90 Å². The van der Waals surface area contributed by atoms with Crippen LogP contribution in [0.4, 0.5) is 0 Å². The molecule has 0 radical (unpaired) electrons. The minimum atomic E-state index is 0.774. The Morgan fingerprint density at radius 1 is 1.06 bits per heavy atom. The molecule has 0 aromatic heterocycles. The molecule has 0 aliphatic carbocycles. The molecule has 0 fully saturated rings. The molecule has 0 N–H and O–H groups in total. The molecule has 0 rings (SSSR count). The maximum atomic E-state index is 3.98. The fourth-order valence-corrected chi connectivity index (χ4v) is 2.23. The van der Waals surface area contributed by atoms with Crippen molar-refractivity contribution < 1.29 is 0 Å². The van der Waals surface area contributed by atoms with E-state index < -0.39 is 0 Å². The van der Waals surface area contributed by atoms with Crippen LogP contribution in [0.2, 0.25) is 0 Å². The Balaban J connectivity index is 4.30. The molecule has 0 aromatic carbocycles. The Morgan fingerprint density at radius 2 is 1.56 bits per heavy atom. The van der Waals surface area contributed by atoms with Gasteiger partial charge < -0.3 is 4.90 Å². The maximum absolute atomic E-state index is 3.98. The van der Waals surface area contributed by atoms with Crippen molar-refractivity contribution in [3.8, 4) is 0 Å². The summed E-state index contributed by atoms with van der Waals surface area (Å²) in [6, 6.07) is 0. The quantitative estimate of drug-likeness (QED) is 0.620. The van der Waals surface area contributed by atoms with E-state index in [4.69, 9.17) is 0 Å². The average Bonchev–Trinajstić information content (AvgIpc) is 2.16. The molecule has 1 heteroatoms. The van der Waals surface area contributed by atoms with Gasteiger partial charge in [0.2, 0.25) is 0 Å². The molecular weight excluding hydrogens is 194 g/mol. The van der Waals surface area contributed by atoms with Crippen molar-refractivity contribution in [2.24, 2.45) is 23.7 Å². The molecule has 16 heavy (non-hydrogen) atoms. The molecule has 2 atom stereocenters. The van der Waals surface area contributed by atoms with E-state index in [2.05, 4.69) is 60.1 Å². The van der Waals surface area contributed by atoms with Crippen molar-refractivity contribution in [2.45, 2.75) is 48.0 Å². The Bertz CT molecular complexity index is 205. The Labute approximate surface area is 103 Å². The second kappa shape index (κ2) is 6.98. The Morgan fingerprint density at radius 3 is 1.88 bits per heavy atom. The molecule has 0 aromatic rings. The first-order valence-corrected chi connectivity index (χ1v) is 6.64. The monoisotopic (exact) mass is 225 g/mol. The van der Waals surface area contributed by atoms with Gasteiger partial charge in [0.25, 0.3) is 0 Å². The molecule has 0 amide bonds. The molecule has 0 saturated heterocycles. The third kappa shape index (κ3) is 5.05. The summed E-state index contributed by atoms with van der Waals surface area (Å²) in [4.78, 5) is 2.27. The molecule has 0 saturated carbocycles. The molecule has 1 nitrogen and oxygen atoms in total. The van der Waals surface area contributed by atoms with E-state index in [1.807, 2.05) is 0 Å². The normalized spacial score (nSPS) is 15.3. The maximum Gasteiger partial charge on any atom is 0.0174 e. The van der Waals surface area contributed by atoms with Crippen LogP contribution < -0.4 is 0 Å². The topological polar surface area (TPSA) is 3.24 Å². The first-order valence-electron chi connectivity index (χ1n) is 6.64. The zero-order chi connectivity index (χ0) is 12.9. The molecule has 2 unspecified atom stereocenters. The van der Waals surface area contributed by atoms with Crippen LogP contribution in [-0.4, -0.2) is 18.5 Å². The van der Waals surface area contributed by atoms with E-state index in [1.165, 1.54) is 12.1 Å². The lowest BCUT2D eigenvalue weighted by atomic mass is 9.76. The van der Waals surface area contributed by atoms with Gasteiger partial charge in [0.15, 0.2) is 0 Å². The summed E-state index contributed by atoms with van der Waals surface area (Å²) in [7, 11) is 2.14. The van der Waals surface area contributed by atoms with Gasteiger partial charge in [-0.25, -0.2) is 0 Å². The van der Waals surface area contributed by atoms with Crippen LogP contribution >= 0.6 is 0 Å². The summed E-state index contributed by atoms with van der Waals surface area (Å²) in [6.07, 6.45) is 1.28. The predicted molar refractivity (Wildman–Crippen MR) is 74.4 cm³/mol. The van der Waals surface area contributed by atoms with Crippen molar-refractivity contribution >= 4 is 0 Å². The lowest BCUT2D eigenvalue weighted by Gasteiger charge is -2.32. The lowest BCUT2D eigenvalue weighted by Crippen LogP contribution is -2.27. The second-order valence-corrected chi connectivity index (χ2v) is 5.96. The third-order valence-corrected chi connectivity index (χ3v) is 4.03. The first-order chi connectivity index (χ1) is 7.27. The fraction of sp³-hybridized carbons (Fsp3) is 0.867. The Hall–Kier alpha value is -0.460. The molecule has 0 bridgehead atoms. The van der Waals surface area contributed by atoms with E-state index in [9.17, 15) is 0 Å². The summed E-state index contributed by atoms with van der Waals surface area (Å²) < 4.78 is 0. The van der Waals surface area contributed by atoms with Crippen molar-refractivity contribution in [2.75, 3.05) is 13.6 Å². The standard InChI is InChI=1S/C15H31N/c1-11(2)14(7)15(12(3)4)9-10-16(8)13(5)6/h11-12,14-15H,5,9-10H2,1-4,6-8H3. The largest absolute Gasteiger partial charge is 0.379 e. The van der Waals surface area contributed by atoms with Gasteiger partial charge in [0.1, 0.15) is 0 Å². The van der Waals surface area contributed by atoms with E-state index in [0.717, 1.165) is 30.2 Å². The van der Waals surface area contributed by atoms with Crippen molar-refractivity contribution in [3.63, 3.8) is 0 Å². The predicted octanol–water partition coefficient (Wildman–Crippen LogP) is 4.41. The van der Waals surface area contributed by atoms with Crippen molar-refractivity contribution in [3.05, 3.63) is 12.3 Å². The highest BCUT2D eigenvalue weighted by Gasteiger charge is 2.23. The van der Waals surface area contributed by atoms with Gasteiger partial charge in [-0.3, -0.25) is 0 Å². The van der Waals surface area contributed by atoms with Crippen LogP contribution in [0.15, 0.2) is 12.3 Å². The van der Waals surface area contributed by atoms with E-state index in [1.54, 1.807) is 0 Å². The van der Waals surface area contributed by atoms with Gasteiger partial charge in [0, 0.05) is 19.3 Å². The fourth-order valence-electron chi connectivity index (χ4n) is 2.23. The summed E-state index contributed by atoms with van der Waals surface area (Å²) in [5.74, 6) is 3.18. The summed E-state index contributed by atoms with van der Waals surface area (Å²) in [5.41, 5.74) is 1.17. The van der Waals surface area contributed by atoms with Crippen LogP contribution in [0.1, 0.15) is 48.0 Å². The molecular formula is C15H31N. The second-order valence-electron chi connectivity index (χ2n) is 5.96. The minimum absolute atomic E-state index is 0.774. The molecule has 0 spiro atoms. The first kappa shape index (κ1) is 15.5. The van der Waals surface area contributed by atoms with Crippen LogP contribution in [0.3, 0.4) is 0 Å². The SMILES string of the molecule is C=C(C)N(C)CCC(C(C)C)C(C)C(C)C. The van der Waals surface area contributed by atoms with Crippen molar-refractivity contribution in [1.29, 1.82) is 0 Å². The number of hydrogen-bond donors (Lipinski definition) is 0. The minimum Gasteiger partial charge on any atom is -0.379 e. The Kier molecular flexibility index (Phi) is 6.78. The van der Waals surface area contributed by atoms with Gasteiger partial charge >= 0.3 is 0 Å². The van der Waals surface area contributed by atoms with Gasteiger partial charge in [-0.2, -0.15) is 0 Å². The summed E-state index contributed by atoms with van der Waals surface area (Å²) in [6.45, 7) is 19.0. The van der Waals surface area contributed by atoms with Gasteiger partial charge in [-0.05, 0) is 37.0 Å². The van der Waals surface area contributed by atoms with Crippen LogP contribution in [0.5, 0.6) is 0 Å². The molecule has 0 aliphatic heterocycles. The van der Waals surface area contributed by atoms with E-state index >= 15 is 0 Å². The van der Waals surface area contributed by atoms with Crippen LogP contribution in [0.25, 0.3) is 0 Å². The zero-order valence-electron chi connectivity index (χ0n) is 12.4. The van der Waals surface area contributed by atoms with Crippen LogP contribution in [-0.2, 0) is 0 Å². The molecule has 0 heterocycles. The lowest BCUT2D eigenvalue weighted by molar-refractivity contribution is 0.186. The van der Waals surface area contributed by atoms with Gasteiger partial charge in [0.05, 0.1) is 0 Å². The number of hydrogen-bond acceptors (Lipinski definition) is 1. The third-order valence-electron chi connectivity index (χ3n) is 4.03. The number of nitrogens with zero attached hydrogens (tertiary/aromatic N) is 1. The van der Waals surface area contributed by atoms with Crippen LogP contribution in [0, 0.1) is 23.7 Å². The highest BCUT2D eigenvalue weighted by atomic mass is 15.1. The summed E-state index contributed by atoms with van der Waals surface area (Å²) in [5, 5.41) is 0. The van der Waals surface area contributed by atoms with Gasteiger partial charge in [-0.1, -0.05) is 41.2 Å². The highest BCUT2D eigenvalue weighted by molar-refractivity contribution is 4.86. The summed E-state index contributed by atoms with van der Waals surface area (Å²) >= 11 is 0. The average molecular weight is 225 g/mol. The molecule has 0 aliphatic rings. The zero-order valence-corrected chi connectivity index (χ0v) is 12.4. The smallest absolute Gasteiger partial charge is 0.0174 e.